The Kier molecular flexibility index (Phi) is 9.22. The Hall–Kier alpha value is -2.17. The number of hydrogen-bond acceptors (Lipinski definition) is 7. The summed E-state index contributed by atoms with van der Waals surface area (Å²) in [5, 5.41) is 1.34. The van der Waals surface area contributed by atoms with Gasteiger partial charge < -0.3 is 44.2 Å². The number of unbranched alkanes of at least 4 members (excludes halogenated alkanes) is 1. The van der Waals surface area contributed by atoms with Gasteiger partial charge in [0.2, 0.25) is 0 Å². The zero-order valence-electron chi connectivity index (χ0n) is 22.8. The van der Waals surface area contributed by atoms with Crippen molar-refractivity contribution < 1.29 is 42.6 Å². The summed E-state index contributed by atoms with van der Waals surface area (Å²) in [6, 6.07) is 1.90. The van der Waals surface area contributed by atoms with Gasteiger partial charge in [0.05, 0.1) is 19.4 Å². The van der Waals surface area contributed by atoms with Gasteiger partial charge in [-0.15, -0.1) is 0 Å². The van der Waals surface area contributed by atoms with E-state index in [0.29, 0.717) is 47.0 Å². The monoisotopic (exact) mass is 601 g/mol. The third-order valence-corrected chi connectivity index (χ3v) is 11.3. The largest absolute Gasteiger partial charge is 0.494 e. The minimum atomic E-state index is -4.96. The number of nitrogens with one attached hydrogen (secondary N) is 1. The first-order valence-electron chi connectivity index (χ1n) is 13.2. The van der Waals surface area contributed by atoms with Crippen molar-refractivity contribution in [2.75, 3.05) is 43.2 Å². The highest BCUT2D eigenvalue weighted by molar-refractivity contribution is 7.70. The SMILES string of the molecule is C=C(OCCCCC(P(=O)(O)O)P(=O)(O)O)C1=CN(C2CC2)c2c(cc(F)c(N3CCNC(C)C3)c2OC)C1=C. The number of benzene rings is 1. The number of allylic oxidation sites excluding steroid dienone is 1. The van der Waals surface area contributed by atoms with E-state index in [4.69, 9.17) is 9.47 Å². The Balaban J connectivity index is 1.51. The van der Waals surface area contributed by atoms with Gasteiger partial charge in [-0.3, -0.25) is 9.13 Å². The van der Waals surface area contributed by atoms with Crippen LogP contribution in [0.1, 0.15) is 44.6 Å². The molecule has 2 heterocycles. The van der Waals surface area contributed by atoms with Crippen LogP contribution in [0.3, 0.4) is 0 Å². The zero-order valence-corrected chi connectivity index (χ0v) is 24.5. The number of piperazine rings is 1. The molecule has 1 aromatic carbocycles. The summed E-state index contributed by atoms with van der Waals surface area (Å²) in [4.78, 5) is 41.2. The van der Waals surface area contributed by atoms with Crippen LogP contribution in [0.2, 0.25) is 0 Å². The summed E-state index contributed by atoms with van der Waals surface area (Å²) in [5.74, 6) is 0.352. The molecule has 0 bridgehead atoms. The van der Waals surface area contributed by atoms with E-state index in [1.807, 2.05) is 11.1 Å². The van der Waals surface area contributed by atoms with Crippen molar-refractivity contribution in [3.63, 3.8) is 0 Å². The van der Waals surface area contributed by atoms with Crippen LogP contribution in [-0.2, 0) is 13.9 Å². The van der Waals surface area contributed by atoms with Crippen molar-refractivity contribution in [3.8, 4) is 5.75 Å². The molecule has 1 aromatic rings. The van der Waals surface area contributed by atoms with Crippen LogP contribution in [0.5, 0.6) is 5.75 Å². The minimum absolute atomic E-state index is 0.104. The van der Waals surface area contributed by atoms with Crippen LogP contribution < -0.4 is 19.9 Å². The second-order valence-corrected chi connectivity index (χ2v) is 14.5. The summed E-state index contributed by atoms with van der Waals surface area (Å²) >= 11 is 0. The highest BCUT2D eigenvalue weighted by atomic mass is 31.2. The van der Waals surface area contributed by atoms with Crippen molar-refractivity contribution in [2.45, 2.75) is 56.5 Å². The lowest BCUT2D eigenvalue weighted by Crippen LogP contribution is -2.49. The molecule has 222 valence electrons. The number of halogens is 1. The lowest BCUT2D eigenvalue weighted by Gasteiger charge is -2.38. The van der Waals surface area contributed by atoms with Crippen molar-refractivity contribution in [1.29, 1.82) is 0 Å². The van der Waals surface area contributed by atoms with E-state index < -0.39 is 26.4 Å². The first-order valence-corrected chi connectivity index (χ1v) is 16.6. The van der Waals surface area contributed by atoms with Gasteiger partial charge in [-0.25, -0.2) is 4.39 Å². The average molecular weight is 602 g/mol. The van der Waals surface area contributed by atoms with Crippen LogP contribution >= 0.6 is 15.2 Å². The molecule has 0 spiro atoms. The molecule has 11 nitrogen and oxygen atoms in total. The summed E-state index contributed by atoms with van der Waals surface area (Å²) in [6.07, 6.45) is 3.88. The van der Waals surface area contributed by atoms with E-state index in [1.165, 1.54) is 6.07 Å². The smallest absolute Gasteiger partial charge is 0.340 e. The molecule has 1 saturated heterocycles. The van der Waals surface area contributed by atoms with Crippen LogP contribution in [0.4, 0.5) is 15.8 Å². The molecule has 2 fully saturated rings. The van der Waals surface area contributed by atoms with Gasteiger partial charge in [0.15, 0.2) is 17.0 Å². The number of rotatable bonds is 12. The first-order chi connectivity index (χ1) is 18.7. The normalized spacial score (nSPS) is 19.9. The van der Waals surface area contributed by atoms with E-state index >= 15 is 4.39 Å². The second kappa shape index (κ2) is 12.0. The molecule has 1 aliphatic carbocycles. The molecule has 0 amide bonds. The number of anilines is 2. The van der Waals surface area contributed by atoms with Gasteiger partial charge >= 0.3 is 15.2 Å². The van der Waals surface area contributed by atoms with Crippen molar-refractivity contribution >= 4 is 32.1 Å². The molecular weight excluding hydrogens is 563 g/mol. The highest BCUT2D eigenvalue weighted by Gasteiger charge is 2.42. The van der Waals surface area contributed by atoms with Crippen LogP contribution in [0.25, 0.3) is 5.57 Å². The quantitative estimate of drug-likeness (QED) is 0.135. The third kappa shape index (κ3) is 6.65. The Morgan fingerprint density at radius 1 is 1.20 bits per heavy atom. The molecule has 0 aromatic heterocycles. The zero-order chi connectivity index (χ0) is 29.4. The molecule has 1 atom stereocenters. The molecule has 0 radical (unpaired) electrons. The Morgan fingerprint density at radius 3 is 2.45 bits per heavy atom. The van der Waals surface area contributed by atoms with Crippen LogP contribution in [-0.4, -0.2) is 70.4 Å². The van der Waals surface area contributed by atoms with Crippen molar-refractivity contribution in [1.82, 2.24) is 5.32 Å². The van der Waals surface area contributed by atoms with Gasteiger partial charge in [-0.1, -0.05) is 13.2 Å². The summed E-state index contributed by atoms with van der Waals surface area (Å²) in [5.41, 5.74) is 2.89. The van der Waals surface area contributed by atoms with E-state index in [0.717, 1.165) is 25.1 Å². The van der Waals surface area contributed by atoms with Gasteiger partial charge in [-0.2, -0.15) is 0 Å². The van der Waals surface area contributed by atoms with Crippen LogP contribution in [0.15, 0.2) is 36.8 Å². The number of ether oxygens (including phenoxy) is 2. The molecule has 1 unspecified atom stereocenters. The van der Waals surface area contributed by atoms with E-state index in [-0.39, 0.29) is 38.0 Å². The minimum Gasteiger partial charge on any atom is -0.494 e. The number of methoxy groups -OCH3 is 1. The summed E-state index contributed by atoms with van der Waals surface area (Å²) in [6.45, 7) is 12.4. The number of nitrogens with zero attached hydrogens (tertiary/aromatic N) is 2. The Labute approximate surface area is 233 Å². The van der Waals surface area contributed by atoms with Crippen molar-refractivity contribution in [2.24, 2.45) is 0 Å². The predicted molar refractivity (Wildman–Crippen MR) is 152 cm³/mol. The number of hydrogen-bond donors (Lipinski definition) is 5. The maximum absolute atomic E-state index is 15.7. The topological polar surface area (TPSA) is 152 Å². The summed E-state index contributed by atoms with van der Waals surface area (Å²) < 4.78 is 50.3. The lowest BCUT2D eigenvalue weighted by molar-refractivity contribution is 0.215. The highest BCUT2D eigenvalue weighted by Crippen LogP contribution is 2.61. The number of fused-ring (bicyclic) bond motifs is 1. The second-order valence-electron chi connectivity index (χ2n) is 10.5. The standard InChI is InChI=1S/C26H38FN3O8P2/c1-16-14-29(11-10-28-16)25-22(27)13-20-17(2)21(15-30(19-8-9-19)24(20)26(25)37-4)18(3)38-12-6-5-7-23(39(31,32)33)40(34,35)36/h13,15-16,19,23,28H,2-3,5-12,14H2,1,4H3,(H2,31,32,33)(H2,34,35,36). The third-order valence-electron chi connectivity index (χ3n) is 7.40. The van der Waals surface area contributed by atoms with Gasteiger partial charge in [0.25, 0.3) is 0 Å². The fraction of sp³-hybridized carbons (Fsp3) is 0.538. The molecule has 4 rings (SSSR count). The van der Waals surface area contributed by atoms with Gasteiger partial charge in [0, 0.05) is 49.1 Å². The average Bonchev–Trinajstić information content (AvgIpc) is 3.69. The molecular formula is C26H38FN3O8P2. The molecule has 40 heavy (non-hydrogen) atoms. The predicted octanol–water partition coefficient (Wildman–Crippen LogP) is 3.89. The Bertz CT molecular complexity index is 1270. The maximum Gasteiger partial charge on any atom is 0.340 e. The molecule has 14 heteroatoms. The van der Waals surface area contributed by atoms with E-state index in [1.54, 1.807) is 7.11 Å². The Morgan fingerprint density at radius 2 is 1.88 bits per heavy atom. The van der Waals surface area contributed by atoms with E-state index in [9.17, 15) is 28.7 Å². The fourth-order valence-corrected chi connectivity index (χ4v) is 7.86. The van der Waals surface area contributed by atoms with Gasteiger partial charge in [0.1, 0.15) is 11.4 Å². The van der Waals surface area contributed by atoms with Gasteiger partial charge in [-0.05, 0) is 50.7 Å². The summed E-state index contributed by atoms with van der Waals surface area (Å²) in [7, 11) is -8.37. The molecule has 5 N–H and O–H groups in total. The maximum atomic E-state index is 15.7. The fourth-order valence-electron chi connectivity index (χ4n) is 5.26. The lowest BCUT2D eigenvalue weighted by atomic mass is 9.92. The molecule has 1 saturated carbocycles. The van der Waals surface area contributed by atoms with E-state index in [2.05, 4.69) is 30.3 Å². The molecule has 2 aliphatic heterocycles. The molecule has 3 aliphatic rings. The van der Waals surface area contributed by atoms with Crippen molar-refractivity contribution in [3.05, 3.63) is 48.1 Å². The first kappa shape index (κ1) is 30.8. The van der Waals surface area contributed by atoms with Crippen LogP contribution in [0, 0.1) is 5.82 Å².